The monoisotopic (exact) mass is 557 g/mol. The van der Waals surface area contributed by atoms with Gasteiger partial charge in [0, 0.05) is 53.0 Å². The zero-order chi connectivity index (χ0) is 29.2. The molecule has 0 unspecified atom stereocenters. The highest BCUT2D eigenvalue weighted by molar-refractivity contribution is 5.96. The number of terminal acetylenes is 1. The van der Waals surface area contributed by atoms with E-state index in [1.54, 1.807) is 43.5 Å². The summed E-state index contributed by atoms with van der Waals surface area (Å²) in [4.78, 5) is 21.5. The van der Waals surface area contributed by atoms with Gasteiger partial charge in [0.25, 0.3) is 5.91 Å². The number of nitrogens with two attached hydrogens (primary N) is 1. The van der Waals surface area contributed by atoms with E-state index in [1.807, 2.05) is 18.1 Å². The lowest BCUT2D eigenvalue weighted by molar-refractivity contribution is 0.0945. The lowest BCUT2D eigenvalue weighted by atomic mass is 10.1. The second kappa shape index (κ2) is 14.0. The van der Waals surface area contributed by atoms with Crippen molar-refractivity contribution in [2.75, 3.05) is 37.9 Å². The molecule has 5 rings (SSSR count). The summed E-state index contributed by atoms with van der Waals surface area (Å²) in [6, 6.07) is 12.4. The molecule has 0 saturated heterocycles. The first-order valence-electron chi connectivity index (χ1n) is 13.1. The molecular formula is C31H32FN5O4. The van der Waals surface area contributed by atoms with Gasteiger partial charge in [-0.05, 0) is 74.2 Å². The molecule has 41 heavy (non-hydrogen) atoms. The molecule has 0 aliphatic carbocycles. The van der Waals surface area contributed by atoms with E-state index in [-0.39, 0.29) is 19.1 Å². The largest absolute Gasteiger partial charge is 0.501 e. The highest BCUT2D eigenvalue weighted by Gasteiger charge is 2.13. The maximum absolute atomic E-state index is 13.8. The van der Waals surface area contributed by atoms with E-state index in [4.69, 9.17) is 26.4 Å². The minimum absolute atomic E-state index is 0.0273. The van der Waals surface area contributed by atoms with Crippen LogP contribution >= 0.6 is 0 Å². The van der Waals surface area contributed by atoms with Gasteiger partial charge in [-0.15, -0.1) is 6.42 Å². The first kappa shape index (κ1) is 29.1. The number of aromatic nitrogens is 2. The average Bonchev–Trinajstić information content (AvgIpc) is 2.98. The van der Waals surface area contributed by atoms with Crippen molar-refractivity contribution in [3.05, 3.63) is 83.0 Å². The topological polar surface area (TPSA) is 121 Å². The molecule has 0 fully saturated rings. The second-order valence-electron chi connectivity index (χ2n) is 9.24. The molecule has 1 amide bonds. The lowest BCUT2D eigenvalue weighted by Gasteiger charge is -2.16. The van der Waals surface area contributed by atoms with Gasteiger partial charge in [-0.1, -0.05) is 0 Å². The fourth-order valence-electron chi connectivity index (χ4n) is 4.09. The number of nitrogen functional groups attached to an aromatic ring is 1. The van der Waals surface area contributed by atoms with Crippen LogP contribution in [-0.2, 0) is 16.1 Å². The second-order valence-corrected chi connectivity index (χ2v) is 9.24. The number of amides is 1. The number of hydrogen-bond acceptors (Lipinski definition) is 8. The molecule has 4 N–H and O–H groups in total. The number of carbonyl (C=O) groups is 1. The molecule has 0 radical (unpaired) electrons. The Kier molecular flexibility index (Phi) is 9.91. The minimum atomic E-state index is -0.727. The zero-order valence-electron chi connectivity index (χ0n) is 23.0. The van der Waals surface area contributed by atoms with Crippen LogP contribution in [0.3, 0.4) is 0 Å². The number of allylic oxidation sites excluding steroid dienone is 2. The number of nitrogens with one attached hydrogen (secondary N) is 2. The Bertz CT molecular complexity index is 1510. The molecule has 0 saturated carbocycles. The van der Waals surface area contributed by atoms with Gasteiger partial charge < -0.3 is 30.6 Å². The van der Waals surface area contributed by atoms with Gasteiger partial charge in [0.2, 0.25) is 5.95 Å². The third-order valence-corrected chi connectivity index (χ3v) is 6.40. The van der Waals surface area contributed by atoms with E-state index in [0.29, 0.717) is 64.4 Å². The lowest BCUT2D eigenvalue weighted by Crippen LogP contribution is -2.24. The molecule has 2 aliphatic rings. The standard InChI is InChI=1S/C31H32FN5O4/c1-4-24(32)15-22(20(2)39-3)19-41-29-10-8-25-16-23(29)18-40-14-6-5-12-34-30(38)21-7-9-26(27(33)17-21)28-11-13-35-31(36-25)37-28/h1,7-11,13,15-17H,5-6,12,14,18-19,33H2,2-3H3,(H,34,38)(H,35,36,37)/b22-20-,24-15+. The summed E-state index contributed by atoms with van der Waals surface area (Å²) in [6.07, 6.45) is 9.50. The third-order valence-electron chi connectivity index (χ3n) is 6.40. The van der Waals surface area contributed by atoms with Crippen molar-refractivity contribution in [3.8, 4) is 29.4 Å². The normalized spacial score (nSPS) is 14.8. The Balaban J connectivity index is 1.63. The molecular weight excluding hydrogens is 525 g/mol. The number of ether oxygens (including phenoxy) is 3. The van der Waals surface area contributed by atoms with Gasteiger partial charge in [0.05, 0.1) is 25.2 Å². The number of carbonyl (C=O) groups excluding carboxylic acids is 1. The Morgan fingerprint density at radius 2 is 2.10 bits per heavy atom. The predicted molar refractivity (Wildman–Crippen MR) is 156 cm³/mol. The van der Waals surface area contributed by atoms with Crippen molar-refractivity contribution in [1.82, 2.24) is 15.3 Å². The summed E-state index contributed by atoms with van der Waals surface area (Å²) < 4.78 is 31.1. The molecule has 2 aliphatic heterocycles. The highest BCUT2D eigenvalue weighted by Crippen LogP contribution is 2.29. The van der Waals surface area contributed by atoms with Gasteiger partial charge in [-0.3, -0.25) is 4.79 Å². The van der Waals surface area contributed by atoms with Gasteiger partial charge in [0.1, 0.15) is 12.4 Å². The number of fused-ring (bicyclic) bond motifs is 9. The Morgan fingerprint density at radius 1 is 1.24 bits per heavy atom. The van der Waals surface area contributed by atoms with E-state index in [9.17, 15) is 9.18 Å². The van der Waals surface area contributed by atoms with Crippen LogP contribution in [0.2, 0.25) is 0 Å². The fourth-order valence-corrected chi connectivity index (χ4v) is 4.09. The van der Waals surface area contributed by atoms with Crippen LogP contribution in [0.25, 0.3) is 11.3 Å². The van der Waals surface area contributed by atoms with Crippen LogP contribution < -0.4 is 21.1 Å². The molecule has 6 bridgehead atoms. The van der Waals surface area contributed by atoms with E-state index in [0.717, 1.165) is 18.4 Å². The molecule has 0 spiro atoms. The van der Waals surface area contributed by atoms with E-state index in [2.05, 4.69) is 20.6 Å². The first-order chi connectivity index (χ1) is 19.9. The van der Waals surface area contributed by atoms with Gasteiger partial charge in [-0.25, -0.2) is 9.97 Å². The molecule has 1 aromatic heterocycles. The molecule has 3 heterocycles. The van der Waals surface area contributed by atoms with E-state index >= 15 is 0 Å². The molecule has 212 valence electrons. The Morgan fingerprint density at radius 3 is 2.88 bits per heavy atom. The summed E-state index contributed by atoms with van der Waals surface area (Å²) in [5.74, 6) is 2.43. The van der Waals surface area contributed by atoms with Crippen LogP contribution in [0.1, 0.15) is 35.7 Å². The molecule has 2 aromatic carbocycles. The number of rotatable bonds is 5. The van der Waals surface area contributed by atoms with Gasteiger partial charge >= 0.3 is 0 Å². The smallest absolute Gasteiger partial charge is 0.251 e. The van der Waals surface area contributed by atoms with Gasteiger partial charge in [-0.2, -0.15) is 4.39 Å². The Hall–Kier alpha value is -4.88. The number of anilines is 3. The highest BCUT2D eigenvalue weighted by atomic mass is 19.1. The number of halogens is 1. The summed E-state index contributed by atoms with van der Waals surface area (Å²) in [5, 5.41) is 6.13. The summed E-state index contributed by atoms with van der Waals surface area (Å²) in [7, 11) is 1.49. The van der Waals surface area contributed by atoms with Crippen molar-refractivity contribution < 1.29 is 23.4 Å². The maximum atomic E-state index is 13.8. The van der Waals surface area contributed by atoms with Crippen molar-refractivity contribution in [2.45, 2.75) is 26.4 Å². The summed E-state index contributed by atoms with van der Waals surface area (Å²) in [5.41, 5.74) is 10.4. The maximum Gasteiger partial charge on any atom is 0.251 e. The van der Waals surface area contributed by atoms with Crippen molar-refractivity contribution in [3.63, 3.8) is 0 Å². The van der Waals surface area contributed by atoms with Crippen LogP contribution in [0.4, 0.5) is 21.7 Å². The van der Waals surface area contributed by atoms with Crippen LogP contribution in [0.15, 0.2) is 71.9 Å². The number of methoxy groups -OCH3 is 1. The van der Waals surface area contributed by atoms with Gasteiger partial charge in [0.15, 0.2) is 5.83 Å². The zero-order valence-corrected chi connectivity index (χ0v) is 23.0. The SMILES string of the molecule is C#C/C(F)=C\C(COc1ccc2cc1COCCCCNC(=O)c1ccc(c(N)c1)-c1ccnc(n1)N2)=C(/C)OC. The average molecular weight is 558 g/mol. The number of hydrogen-bond donors (Lipinski definition) is 3. The first-order valence-corrected chi connectivity index (χ1v) is 13.1. The van der Waals surface area contributed by atoms with Crippen LogP contribution in [0.5, 0.6) is 5.75 Å². The van der Waals surface area contributed by atoms with Crippen molar-refractivity contribution in [1.29, 1.82) is 0 Å². The number of benzene rings is 2. The molecule has 3 aromatic rings. The van der Waals surface area contributed by atoms with Crippen LogP contribution in [-0.4, -0.2) is 42.7 Å². The van der Waals surface area contributed by atoms with Crippen molar-refractivity contribution in [2.24, 2.45) is 0 Å². The molecule has 10 heteroatoms. The quantitative estimate of drug-likeness (QED) is 0.167. The molecule has 9 nitrogen and oxygen atoms in total. The number of nitrogens with zero attached hydrogens (tertiary/aromatic N) is 2. The third kappa shape index (κ3) is 7.84. The fraction of sp³-hybridized carbons (Fsp3) is 0.258. The Labute approximate surface area is 238 Å². The summed E-state index contributed by atoms with van der Waals surface area (Å²) >= 11 is 0. The minimum Gasteiger partial charge on any atom is -0.501 e. The summed E-state index contributed by atoms with van der Waals surface area (Å²) in [6.45, 7) is 2.97. The van der Waals surface area contributed by atoms with E-state index in [1.165, 1.54) is 13.2 Å². The van der Waals surface area contributed by atoms with Crippen molar-refractivity contribution >= 4 is 23.2 Å². The molecule has 0 atom stereocenters. The van der Waals surface area contributed by atoms with E-state index < -0.39 is 5.83 Å². The predicted octanol–water partition coefficient (Wildman–Crippen LogP) is 5.30. The van der Waals surface area contributed by atoms with Crippen LogP contribution in [0, 0.1) is 12.3 Å².